The highest BCUT2D eigenvalue weighted by atomic mass is 16.5. The van der Waals surface area contributed by atoms with Crippen LogP contribution in [-0.4, -0.2) is 23.9 Å². The third-order valence-corrected chi connectivity index (χ3v) is 3.07. The second kappa shape index (κ2) is 12.1. The smallest absolute Gasteiger partial charge is 0.101 e. The van der Waals surface area contributed by atoms with E-state index in [1.54, 1.807) is 6.08 Å². The molecular weight excluding hydrogens is 212 g/mol. The van der Waals surface area contributed by atoms with Crippen LogP contribution < -0.4 is 0 Å². The Morgan fingerprint density at radius 2 is 1.65 bits per heavy atom. The van der Waals surface area contributed by atoms with Crippen LogP contribution in [-0.2, 0) is 4.74 Å². The van der Waals surface area contributed by atoms with E-state index in [1.807, 2.05) is 6.92 Å². The molecule has 0 aromatic heterocycles. The minimum absolute atomic E-state index is 0.194. The topological polar surface area (TPSA) is 29.5 Å². The van der Waals surface area contributed by atoms with E-state index in [9.17, 15) is 5.11 Å². The van der Waals surface area contributed by atoms with E-state index in [1.165, 1.54) is 38.5 Å². The van der Waals surface area contributed by atoms with Gasteiger partial charge in [-0.1, -0.05) is 57.9 Å². The molecule has 0 bridgehead atoms. The maximum absolute atomic E-state index is 9.88. The van der Waals surface area contributed by atoms with Crippen LogP contribution in [0.3, 0.4) is 0 Å². The van der Waals surface area contributed by atoms with Gasteiger partial charge in [-0.25, -0.2) is 0 Å². The monoisotopic (exact) mass is 242 g/mol. The second-order valence-corrected chi connectivity index (χ2v) is 4.63. The number of aliphatic hydroxyl groups is 1. The minimum atomic E-state index is -0.386. The summed E-state index contributed by atoms with van der Waals surface area (Å²) in [4.78, 5) is 0. The first-order valence-electron chi connectivity index (χ1n) is 7.18. The first-order valence-corrected chi connectivity index (χ1v) is 7.18. The molecule has 0 amide bonds. The number of aliphatic hydroxyl groups excluding tert-OH is 1. The lowest BCUT2D eigenvalue weighted by molar-refractivity contribution is -0.00900. The van der Waals surface area contributed by atoms with E-state index in [-0.39, 0.29) is 12.2 Å². The van der Waals surface area contributed by atoms with E-state index in [0.29, 0.717) is 6.61 Å². The molecule has 2 nitrogen and oxygen atoms in total. The molecule has 0 aliphatic rings. The van der Waals surface area contributed by atoms with Crippen LogP contribution in [0.25, 0.3) is 0 Å². The Labute approximate surface area is 107 Å². The van der Waals surface area contributed by atoms with Gasteiger partial charge in [0.2, 0.25) is 0 Å². The lowest BCUT2D eigenvalue weighted by Crippen LogP contribution is -2.26. The molecule has 0 spiro atoms. The lowest BCUT2D eigenvalue weighted by atomic mass is 10.0. The molecule has 0 saturated heterocycles. The molecule has 0 radical (unpaired) electrons. The van der Waals surface area contributed by atoms with Crippen LogP contribution in [0.2, 0.25) is 0 Å². The maximum atomic E-state index is 9.88. The van der Waals surface area contributed by atoms with Gasteiger partial charge in [0.1, 0.15) is 6.10 Å². The zero-order chi connectivity index (χ0) is 12.9. The van der Waals surface area contributed by atoms with Crippen LogP contribution in [0, 0.1) is 0 Å². The molecule has 0 saturated carbocycles. The summed E-state index contributed by atoms with van der Waals surface area (Å²) in [5.74, 6) is 0. The van der Waals surface area contributed by atoms with E-state index >= 15 is 0 Å². The summed E-state index contributed by atoms with van der Waals surface area (Å²) >= 11 is 0. The predicted molar refractivity (Wildman–Crippen MR) is 74.2 cm³/mol. The number of hydrogen-bond donors (Lipinski definition) is 1. The number of hydrogen-bond acceptors (Lipinski definition) is 2. The highest BCUT2D eigenvalue weighted by Crippen LogP contribution is 2.13. The van der Waals surface area contributed by atoms with Gasteiger partial charge in [0.05, 0.1) is 6.10 Å². The Hall–Kier alpha value is -0.340. The first kappa shape index (κ1) is 16.7. The third-order valence-electron chi connectivity index (χ3n) is 3.07. The SMILES string of the molecule is C=C[C@@H](OCC)[C@@H](O)CCCCCCCCC. The van der Waals surface area contributed by atoms with Gasteiger partial charge in [0.15, 0.2) is 0 Å². The second-order valence-electron chi connectivity index (χ2n) is 4.63. The van der Waals surface area contributed by atoms with Gasteiger partial charge in [-0.05, 0) is 13.3 Å². The Kier molecular flexibility index (Phi) is 11.9. The van der Waals surface area contributed by atoms with Crippen LogP contribution in [0.4, 0.5) is 0 Å². The summed E-state index contributed by atoms with van der Waals surface area (Å²) in [6.45, 7) is 8.50. The molecule has 0 aromatic carbocycles. The summed E-state index contributed by atoms with van der Waals surface area (Å²) in [7, 11) is 0. The first-order chi connectivity index (χ1) is 8.26. The fourth-order valence-electron chi connectivity index (χ4n) is 2.00. The average molecular weight is 242 g/mol. The van der Waals surface area contributed by atoms with Crippen LogP contribution in [0.15, 0.2) is 12.7 Å². The standard InChI is InChI=1S/C15H30O2/c1-4-7-8-9-10-11-12-13-14(16)15(5-2)17-6-3/h5,14-16H,2,4,6-13H2,1,3H3/t14-,15+/m0/s1. The van der Waals surface area contributed by atoms with Crippen LogP contribution in [0.1, 0.15) is 65.2 Å². The van der Waals surface area contributed by atoms with Crippen molar-refractivity contribution in [1.29, 1.82) is 0 Å². The Balaban J connectivity index is 3.42. The molecule has 0 aromatic rings. The van der Waals surface area contributed by atoms with Gasteiger partial charge in [-0.3, -0.25) is 0 Å². The average Bonchev–Trinajstić information content (AvgIpc) is 2.34. The summed E-state index contributed by atoms with van der Waals surface area (Å²) in [5, 5.41) is 9.88. The maximum Gasteiger partial charge on any atom is 0.101 e. The minimum Gasteiger partial charge on any atom is -0.390 e. The molecule has 0 aliphatic heterocycles. The quantitative estimate of drug-likeness (QED) is 0.413. The van der Waals surface area contributed by atoms with Crippen LogP contribution >= 0.6 is 0 Å². The highest BCUT2D eigenvalue weighted by molar-refractivity contribution is 4.85. The van der Waals surface area contributed by atoms with E-state index in [2.05, 4.69) is 13.5 Å². The molecule has 0 rings (SSSR count). The summed E-state index contributed by atoms with van der Waals surface area (Å²) in [6, 6.07) is 0. The lowest BCUT2D eigenvalue weighted by Gasteiger charge is -2.19. The molecule has 102 valence electrons. The summed E-state index contributed by atoms with van der Waals surface area (Å²) < 4.78 is 5.39. The van der Waals surface area contributed by atoms with Gasteiger partial charge in [0, 0.05) is 6.61 Å². The Morgan fingerprint density at radius 3 is 2.18 bits per heavy atom. The van der Waals surface area contributed by atoms with Gasteiger partial charge in [-0.15, -0.1) is 6.58 Å². The van der Waals surface area contributed by atoms with Crippen molar-refractivity contribution in [3.8, 4) is 0 Å². The predicted octanol–water partition coefficient (Wildman–Crippen LogP) is 4.08. The zero-order valence-electron chi connectivity index (χ0n) is 11.7. The number of unbranched alkanes of at least 4 members (excludes halogenated alkanes) is 6. The van der Waals surface area contributed by atoms with Crippen molar-refractivity contribution >= 4 is 0 Å². The van der Waals surface area contributed by atoms with Crippen molar-refractivity contribution in [2.45, 2.75) is 77.4 Å². The zero-order valence-corrected chi connectivity index (χ0v) is 11.7. The molecule has 1 N–H and O–H groups in total. The van der Waals surface area contributed by atoms with E-state index in [0.717, 1.165) is 12.8 Å². The van der Waals surface area contributed by atoms with Crippen molar-refractivity contribution in [1.82, 2.24) is 0 Å². The van der Waals surface area contributed by atoms with Crippen molar-refractivity contribution < 1.29 is 9.84 Å². The summed E-state index contributed by atoms with van der Waals surface area (Å²) in [5.41, 5.74) is 0. The molecule has 2 heteroatoms. The van der Waals surface area contributed by atoms with Gasteiger partial charge >= 0.3 is 0 Å². The third kappa shape index (κ3) is 9.37. The summed E-state index contributed by atoms with van der Waals surface area (Å²) in [6.07, 6.45) is 10.9. The fourth-order valence-corrected chi connectivity index (χ4v) is 2.00. The van der Waals surface area contributed by atoms with Crippen molar-refractivity contribution in [2.24, 2.45) is 0 Å². The van der Waals surface area contributed by atoms with Crippen molar-refractivity contribution in [3.63, 3.8) is 0 Å². The van der Waals surface area contributed by atoms with Gasteiger partial charge in [0.25, 0.3) is 0 Å². The fraction of sp³-hybridized carbons (Fsp3) is 0.867. The molecule has 0 fully saturated rings. The number of ether oxygens (including phenoxy) is 1. The van der Waals surface area contributed by atoms with E-state index in [4.69, 9.17) is 4.74 Å². The van der Waals surface area contributed by atoms with Gasteiger partial charge < -0.3 is 9.84 Å². The van der Waals surface area contributed by atoms with Crippen molar-refractivity contribution in [2.75, 3.05) is 6.61 Å². The Morgan fingerprint density at radius 1 is 1.06 bits per heavy atom. The molecule has 2 atom stereocenters. The molecule has 0 heterocycles. The molecular formula is C15H30O2. The normalized spacial score (nSPS) is 14.5. The number of rotatable bonds is 12. The van der Waals surface area contributed by atoms with Crippen molar-refractivity contribution in [3.05, 3.63) is 12.7 Å². The Bertz CT molecular complexity index is 168. The molecule has 17 heavy (non-hydrogen) atoms. The highest BCUT2D eigenvalue weighted by Gasteiger charge is 2.14. The van der Waals surface area contributed by atoms with Crippen LogP contribution in [0.5, 0.6) is 0 Å². The molecule has 0 aliphatic carbocycles. The largest absolute Gasteiger partial charge is 0.390 e. The van der Waals surface area contributed by atoms with E-state index < -0.39 is 0 Å². The molecule has 0 unspecified atom stereocenters. The van der Waals surface area contributed by atoms with Gasteiger partial charge in [-0.2, -0.15) is 0 Å².